The summed E-state index contributed by atoms with van der Waals surface area (Å²) in [4.78, 5) is 70.8. The van der Waals surface area contributed by atoms with E-state index < -0.39 is 0 Å². The molecule has 676 valence electrons. The van der Waals surface area contributed by atoms with E-state index in [2.05, 4.69) is 226 Å². The van der Waals surface area contributed by atoms with Crippen molar-refractivity contribution in [2.75, 3.05) is 205 Å². The molecule has 0 amide bonds. The van der Waals surface area contributed by atoms with E-state index in [9.17, 15) is 5.11 Å². The largest absolute Gasteiger partial charge is 0.508 e. The molecule has 0 saturated carbocycles. The molecular weight excluding hydrogens is 1640 g/mol. The fraction of sp³-hybridized carbons (Fsp3) is 0.426. The van der Waals surface area contributed by atoms with Crippen LogP contribution in [0.1, 0.15) is 68.1 Å². The lowest BCUT2D eigenvalue weighted by Crippen LogP contribution is -2.52. The van der Waals surface area contributed by atoms with Crippen LogP contribution in [0, 0.1) is 20.8 Å². The number of anilines is 4. The predicted molar refractivity (Wildman–Crippen MR) is 522 cm³/mol. The first-order valence-electron chi connectivity index (χ1n) is 47.4. The van der Waals surface area contributed by atoms with Crippen LogP contribution in [0.5, 0.6) is 5.75 Å². The molecule has 131 heavy (non-hydrogen) atoms. The number of pyridine rings is 4. The van der Waals surface area contributed by atoms with Crippen molar-refractivity contribution in [1.82, 2.24) is 123 Å². The highest BCUT2D eigenvalue weighted by atomic mass is 16.3. The molecule has 8 aliphatic heterocycles. The normalized spacial score (nSPS) is 19.1. The number of rotatable bonds is 12. The second-order valence-corrected chi connectivity index (χ2v) is 37.7. The Morgan fingerprint density at radius 2 is 0.595 bits per heavy atom. The molecule has 8 fully saturated rings. The maximum Gasteiger partial charge on any atom is 0.162 e. The number of hydrogen-bond acceptors (Lipinski definition) is 25. The number of H-pyrrole nitrogens is 1. The van der Waals surface area contributed by atoms with Gasteiger partial charge in [0.15, 0.2) is 22.6 Å². The van der Waals surface area contributed by atoms with E-state index in [1.54, 1.807) is 12.3 Å². The summed E-state index contributed by atoms with van der Waals surface area (Å²) >= 11 is 0. The molecule has 8 saturated heterocycles. The Labute approximate surface area is 764 Å². The van der Waals surface area contributed by atoms with Gasteiger partial charge in [-0.15, -0.1) is 0 Å². The number of aryl methyl sites for hydroxylation is 3. The lowest BCUT2D eigenvalue weighted by Gasteiger charge is -2.42. The van der Waals surface area contributed by atoms with Crippen molar-refractivity contribution in [3.8, 4) is 50.3 Å². The van der Waals surface area contributed by atoms with Gasteiger partial charge in [0, 0.05) is 256 Å². The first kappa shape index (κ1) is 85.5. The van der Waals surface area contributed by atoms with E-state index in [0.717, 1.165) is 192 Å². The van der Waals surface area contributed by atoms with Crippen LogP contribution in [0.2, 0.25) is 0 Å². The van der Waals surface area contributed by atoms with Crippen LogP contribution >= 0.6 is 0 Å². The Morgan fingerprint density at radius 3 is 0.969 bits per heavy atom. The molecule has 8 aliphatic rings. The zero-order valence-corrected chi connectivity index (χ0v) is 76.7. The first-order valence-corrected chi connectivity index (χ1v) is 47.4. The molecule has 0 unspecified atom stereocenters. The van der Waals surface area contributed by atoms with Gasteiger partial charge in [0.25, 0.3) is 0 Å². The Morgan fingerprint density at radius 1 is 0.282 bits per heavy atom. The van der Waals surface area contributed by atoms with Gasteiger partial charge in [0.2, 0.25) is 0 Å². The molecule has 0 aliphatic carbocycles. The average Bonchev–Trinajstić information content (AvgIpc) is 1.69. The highest BCUT2D eigenvalue weighted by Gasteiger charge is 2.34. The number of aromatic nitrogens is 17. The van der Waals surface area contributed by atoms with Crippen LogP contribution in [0.15, 0.2) is 184 Å². The zero-order valence-electron chi connectivity index (χ0n) is 76.7. The second-order valence-electron chi connectivity index (χ2n) is 37.7. The molecule has 24 rings (SSSR count). The highest BCUT2D eigenvalue weighted by molar-refractivity contribution is 6.01. The molecular formula is C101H121N29O. The van der Waals surface area contributed by atoms with E-state index in [4.69, 9.17) is 19.9 Å². The number of phenols is 1. The van der Waals surface area contributed by atoms with E-state index >= 15 is 0 Å². The number of nitrogens with zero attached hydrogens (tertiary/aromatic N) is 28. The maximum absolute atomic E-state index is 10.3. The topological polar surface area (TPSA) is 247 Å². The number of aromatic hydroxyl groups is 1. The van der Waals surface area contributed by atoms with E-state index in [-0.39, 0.29) is 5.75 Å². The standard InChI is InChI=1S/C26H31N7O.2C26H31N7.C23H28N8/c1-18-13-24-22(14-25(18)34)21(3-6-27-24)23-16-29-33-17-20(15-28-26(23)33)31-7-4-19(5-8-31)32-11-9-30(2)10-12-32;1-19-3-4-25-23(15-19)22(5-8-27-25)24-17-29-33-18-21(16-28-26(24)33)31-9-6-20(7-10-31)32-13-11-30(2)12-14-32;1-19-3-4-23-22(5-8-27-25(23)15-19)24-17-29-33-18-21(16-28-26(24)33)31-9-6-20(7-10-31)32-13-11-30(2)12-14-32;1-28-10-12-30(13-11-28)17-4-8-29(9-5-17)18-14-26-23-21(15-27-31(23)16-18)19-2-6-24-22-20(19)3-7-25-22/h3,6,13-17,19,34H,4-5,7-12H2,1-2H3;2*3-5,8,15-18,20H,6-7,9-14H2,1-2H3;2-3,6-7,14-17H,4-5,8-13H2,1H3,(H,24,25). The van der Waals surface area contributed by atoms with E-state index in [1.165, 1.54) is 167 Å². The maximum atomic E-state index is 10.3. The number of nitrogens with one attached hydrogen (secondary N) is 1. The quantitative estimate of drug-likeness (QED) is 0.115. The third kappa shape index (κ3) is 18.0. The van der Waals surface area contributed by atoms with Crippen LogP contribution in [0.3, 0.4) is 0 Å². The van der Waals surface area contributed by atoms with Crippen molar-refractivity contribution in [2.45, 2.75) is 96.3 Å². The third-order valence-electron chi connectivity index (χ3n) is 29.4. The number of phenolic OH excluding ortho intramolecular Hbond substituents is 1. The number of fused-ring (bicyclic) bond motifs is 8. The Balaban J connectivity index is 0.000000106. The number of likely N-dealkylation sites (N-methyl/N-ethyl adjacent to an activating group) is 4. The van der Waals surface area contributed by atoms with Gasteiger partial charge in [-0.2, -0.15) is 20.4 Å². The van der Waals surface area contributed by atoms with Gasteiger partial charge < -0.3 is 49.3 Å². The van der Waals surface area contributed by atoms with Crippen molar-refractivity contribution >= 4 is 89.1 Å². The number of piperazine rings is 4. The summed E-state index contributed by atoms with van der Waals surface area (Å²) in [6, 6.07) is 29.5. The van der Waals surface area contributed by atoms with Crippen LogP contribution in [-0.4, -0.2) is 337 Å². The minimum atomic E-state index is 0.272. The SMILES string of the molecule is CN1CCN(C2CCN(c3cnc4c(-c5ccnc6[nH]ccc56)cnn4c3)CC2)CC1.Cc1cc2nccc(-c3cnn4cc(N5CCC(N6CCN(C)CC6)CC5)cnc34)c2cc1O.Cc1ccc2c(-c3cnn4cc(N5CCC(N6CCN(C)CC6)CC5)cnc34)ccnc2c1.Cc1ccc2nccc(-c3cnn4cc(N5CCC(N6CCN(C)CC6)CC5)cnc34)c2c1. The monoisotopic (exact) mass is 1760 g/mol. The number of piperidine rings is 4. The molecule has 30 nitrogen and oxygen atoms in total. The molecule has 30 heteroatoms. The van der Waals surface area contributed by atoms with Crippen molar-refractivity contribution in [3.05, 3.63) is 201 Å². The van der Waals surface area contributed by atoms with Gasteiger partial charge in [-0.05, 0) is 194 Å². The predicted octanol–water partition coefficient (Wildman–Crippen LogP) is 12.6. The molecule has 0 radical (unpaired) electrons. The Hall–Kier alpha value is -12.3. The van der Waals surface area contributed by atoms with Gasteiger partial charge in [-0.25, -0.2) is 43.0 Å². The van der Waals surface area contributed by atoms with Crippen molar-refractivity contribution < 1.29 is 5.11 Å². The number of aromatic amines is 1. The number of hydrogen-bond donors (Lipinski definition) is 2. The highest BCUT2D eigenvalue weighted by Crippen LogP contribution is 2.39. The molecule has 13 aromatic heterocycles. The van der Waals surface area contributed by atoms with Crippen LogP contribution < -0.4 is 19.6 Å². The molecule has 3 aromatic carbocycles. The minimum absolute atomic E-state index is 0.272. The molecule has 2 N–H and O–H groups in total. The molecule has 0 spiro atoms. The Kier molecular flexibility index (Phi) is 24.5. The first-order chi connectivity index (χ1) is 64.1. The van der Waals surface area contributed by atoms with Crippen LogP contribution in [0.25, 0.3) is 111 Å². The van der Waals surface area contributed by atoms with Crippen molar-refractivity contribution in [1.29, 1.82) is 0 Å². The molecule has 21 heterocycles. The van der Waals surface area contributed by atoms with Gasteiger partial charge in [0.1, 0.15) is 11.4 Å². The van der Waals surface area contributed by atoms with Gasteiger partial charge in [0.05, 0.1) is 114 Å². The lowest BCUT2D eigenvalue weighted by atomic mass is 10.0. The Bertz CT molecular complexity index is 6690. The van der Waals surface area contributed by atoms with Gasteiger partial charge in [-0.1, -0.05) is 23.8 Å². The lowest BCUT2D eigenvalue weighted by molar-refractivity contribution is 0.0982. The van der Waals surface area contributed by atoms with Crippen LogP contribution in [0.4, 0.5) is 22.7 Å². The summed E-state index contributed by atoms with van der Waals surface area (Å²) in [7, 11) is 8.88. The fourth-order valence-corrected chi connectivity index (χ4v) is 21.3. The summed E-state index contributed by atoms with van der Waals surface area (Å²) < 4.78 is 7.64. The van der Waals surface area contributed by atoms with Crippen molar-refractivity contribution in [3.63, 3.8) is 0 Å². The van der Waals surface area contributed by atoms with E-state index in [1.807, 2.05) is 118 Å². The minimum Gasteiger partial charge on any atom is -0.508 e. The molecule has 0 bridgehead atoms. The third-order valence-corrected chi connectivity index (χ3v) is 29.4. The fourth-order valence-electron chi connectivity index (χ4n) is 21.3. The molecule has 16 aromatic rings. The summed E-state index contributed by atoms with van der Waals surface area (Å²) in [6.45, 7) is 33.7. The summed E-state index contributed by atoms with van der Waals surface area (Å²) in [5.41, 5.74) is 23.5. The summed E-state index contributed by atoms with van der Waals surface area (Å²) in [6.07, 6.45) is 43.1. The zero-order chi connectivity index (χ0) is 88.7. The second kappa shape index (κ2) is 37.5. The van der Waals surface area contributed by atoms with Gasteiger partial charge >= 0.3 is 0 Å². The molecule has 0 atom stereocenters. The average molecular weight is 1760 g/mol. The van der Waals surface area contributed by atoms with Crippen molar-refractivity contribution in [2.24, 2.45) is 0 Å². The van der Waals surface area contributed by atoms with Crippen LogP contribution in [-0.2, 0) is 0 Å². The summed E-state index contributed by atoms with van der Waals surface area (Å²) in [5, 5.41) is 33.1. The van der Waals surface area contributed by atoms with E-state index in [0.29, 0.717) is 24.2 Å². The van der Waals surface area contributed by atoms with Gasteiger partial charge in [-0.3, -0.25) is 34.6 Å². The smallest absolute Gasteiger partial charge is 0.162 e. The number of benzene rings is 3. The summed E-state index contributed by atoms with van der Waals surface area (Å²) in [5.74, 6) is 0.272.